The van der Waals surface area contributed by atoms with Crippen LogP contribution in [0.3, 0.4) is 0 Å². The standard InChI is InChI=1S/C12H14F3NO2/c1-11(2,3)18-10(17)16-9-6-4-8(5-7-9)12(13,14)15/h4-7H,1-3H3,(H,16,17). The van der Waals surface area contributed by atoms with Crippen molar-refractivity contribution in [3.05, 3.63) is 29.8 Å². The number of rotatable bonds is 1. The molecule has 0 atom stereocenters. The van der Waals surface area contributed by atoms with Gasteiger partial charge in [0.25, 0.3) is 0 Å². The molecular weight excluding hydrogens is 247 g/mol. The molecule has 0 saturated heterocycles. The number of nitrogens with one attached hydrogen (secondary N) is 1. The Hall–Kier alpha value is -1.72. The molecule has 0 aliphatic heterocycles. The quantitative estimate of drug-likeness (QED) is 0.828. The third-order valence-electron chi connectivity index (χ3n) is 1.86. The molecule has 1 rings (SSSR count). The second-order valence-corrected chi connectivity index (χ2v) is 4.70. The molecule has 0 saturated carbocycles. The van der Waals surface area contributed by atoms with Crippen LogP contribution >= 0.6 is 0 Å². The first-order valence-electron chi connectivity index (χ1n) is 5.25. The third-order valence-corrected chi connectivity index (χ3v) is 1.86. The maximum atomic E-state index is 12.3. The van der Waals surface area contributed by atoms with Crippen LogP contribution < -0.4 is 5.32 Å². The molecule has 100 valence electrons. The van der Waals surface area contributed by atoms with Crippen LogP contribution in [0.2, 0.25) is 0 Å². The largest absolute Gasteiger partial charge is 0.444 e. The van der Waals surface area contributed by atoms with E-state index in [9.17, 15) is 18.0 Å². The average molecular weight is 261 g/mol. The molecule has 0 spiro atoms. The van der Waals surface area contributed by atoms with Crippen molar-refractivity contribution in [2.24, 2.45) is 0 Å². The summed E-state index contributed by atoms with van der Waals surface area (Å²) < 4.78 is 41.8. The molecule has 0 aromatic heterocycles. The second kappa shape index (κ2) is 4.88. The molecule has 1 N–H and O–H groups in total. The zero-order valence-corrected chi connectivity index (χ0v) is 10.3. The SMILES string of the molecule is CC(C)(C)OC(=O)Nc1ccc(C(F)(F)F)cc1. The van der Waals surface area contributed by atoms with E-state index in [-0.39, 0.29) is 5.69 Å². The number of carbonyl (C=O) groups excluding carboxylic acids is 1. The minimum Gasteiger partial charge on any atom is -0.444 e. The predicted octanol–water partition coefficient (Wildman–Crippen LogP) is 4.05. The molecule has 1 amide bonds. The predicted molar refractivity (Wildman–Crippen MR) is 61.3 cm³/mol. The summed E-state index contributed by atoms with van der Waals surface area (Å²) in [6, 6.07) is 4.14. The van der Waals surface area contributed by atoms with Gasteiger partial charge in [-0.3, -0.25) is 5.32 Å². The lowest BCUT2D eigenvalue weighted by molar-refractivity contribution is -0.137. The molecule has 0 aliphatic carbocycles. The Kier molecular flexibility index (Phi) is 3.88. The van der Waals surface area contributed by atoms with Gasteiger partial charge in [-0.1, -0.05) is 0 Å². The van der Waals surface area contributed by atoms with Gasteiger partial charge < -0.3 is 4.74 Å². The van der Waals surface area contributed by atoms with Crippen LogP contribution in [0.5, 0.6) is 0 Å². The maximum absolute atomic E-state index is 12.3. The van der Waals surface area contributed by atoms with E-state index in [1.807, 2.05) is 0 Å². The van der Waals surface area contributed by atoms with Gasteiger partial charge in [0.15, 0.2) is 0 Å². The highest BCUT2D eigenvalue weighted by molar-refractivity contribution is 5.84. The first-order valence-corrected chi connectivity index (χ1v) is 5.25. The lowest BCUT2D eigenvalue weighted by Crippen LogP contribution is -2.27. The first-order chi connectivity index (χ1) is 8.08. The van der Waals surface area contributed by atoms with E-state index in [1.54, 1.807) is 20.8 Å². The number of benzene rings is 1. The molecule has 0 aliphatic rings. The van der Waals surface area contributed by atoms with Crippen molar-refractivity contribution in [1.29, 1.82) is 0 Å². The smallest absolute Gasteiger partial charge is 0.416 e. The van der Waals surface area contributed by atoms with Gasteiger partial charge in [0.1, 0.15) is 5.60 Å². The number of anilines is 1. The van der Waals surface area contributed by atoms with E-state index < -0.39 is 23.4 Å². The van der Waals surface area contributed by atoms with Crippen molar-refractivity contribution in [3.63, 3.8) is 0 Å². The van der Waals surface area contributed by atoms with Crippen LogP contribution in [0.1, 0.15) is 26.3 Å². The summed E-state index contributed by atoms with van der Waals surface area (Å²) in [5, 5.41) is 2.35. The highest BCUT2D eigenvalue weighted by atomic mass is 19.4. The summed E-state index contributed by atoms with van der Waals surface area (Å²) in [7, 11) is 0. The number of alkyl halides is 3. The number of carbonyl (C=O) groups is 1. The number of halogens is 3. The van der Waals surface area contributed by atoms with Crippen LogP contribution in [-0.4, -0.2) is 11.7 Å². The molecule has 0 unspecified atom stereocenters. The van der Waals surface area contributed by atoms with Crippen molar-refractivity contribution in [1.82, 2.24) is 0 Å². The monoisotopic (exact) mass is 261 g/mol. The maximum Gasteiger partial charge on any atom is 0.416 e. The highest BCUT2D eigenvalue weighted by Gasteiger charge is 2.30. The van der Waals surface area contributed by atoms with Gasteiger partial charge in [0.05, 0.1) is 5.56 Å². The Morgan fingerprint density at radius 2 is 1.61 bits per heavy atom. The fraction of sp³-hybridized carbons (Fsp3) is 0.417. The van der Waals surface area contributed by atoms with E-state index in [0.717, 1.165) is 12.1 Å². The van der Waals surface area contributed by atoms with E-state index in [4.69, 9.17) is 4.74 Å². The van der Waals surface area contributed by atoms with E-state index in [1.165, 1.54) is 12.1 Å². The molecule has 0 heterocycles. The van der Waals surface area contributed by atoms with Gasteiger partial charge in [-0.15, -0.1) is 0 Å². The van der Waals surface area contributed by atoms with Crippen molar-refractivity contribution in [3.8, 4) is 0 Å². The Morgan fingerprint density at radius 1 is 1.11 bits per heavy atom. The van der Waals surface area contributed by atoms with Crippen molar-refractivity contribution < 1.29 is 22.7 Å². The normalized spacial score (nSPS) is 12.1. The first kappa shape index (κ1) is 14.3. The van der Waals surface area contributed by atoms with E-state index in [0.29, 0.717) is 0 Å². The van der Waals surface area contributed by atoms with E-state index in [2.05, 4.69) is 5.32 Å². The Morgan fingerprint density at radius 3 is 2.00 bits per heavy atom. The Bertz CT molecular complexity index is 418. The molecule has 3 nitrogen and oxygen atoms in total. The third kappa shape index (κ3) is 4.65. The molecule has 6 heteroatoms. The van der Waals surface area contributed by atoms with E-state index >= 15 is 0 Å². The molecule has 1 aromatic carbocycles. The lowest BCUT2D eigenvalue weighted by Gasteiger charge is -2.19. The summed E-state index contributed by atoms with van der Waals surface area (Å²) in [4.78, 5) is 11.4. The summed E-state index contributed by atoms with van der Waals surface area (Å²) >= 11 is 0. The van der Waals surface area contributed by atoms with Gasteiger partial charge in [0, 0.05) is 5.69 Å². The molecule has 0 radical (unpaired) electrons. The van der Waals surface area contributed by atoms with Crippen LogP contribution in [-0.2, 0) is 10.9 Å². The fourth-order valence-electron chi connectivity index (χ4n) is 1.16. The molecule has 1 aromatic rings. The summed E-state index contributed by atoms with van der Waals surface area (Å²) in [5.41, 5.74) is -1.18. The average Bonchev–Trinajstić information content (AvgIpc) is 2.13. The Balaban J connectivity index is 2.67. The van der Waals surface area contributed by atoms with Crippen LogP contribution in [0.4, 0.5) is 23.7 Å². The lowest BCUT2D eigenvalue weighted by atomic mass is 10.2. The van der Waals surface area contributed by atoms with Gasteiger partial charge in [-0.2, -0.15) is 13.2 Å². The Labute approximate surface area is 103 Å². The van der Waals surface area contributed by atoms with Gasteiger partial charge >= 0.3 is 12.3 Å². The van der Waals surface area contributed by atoms with Crippen LogP contribution in [0, 0.1) is 0 Å². The number of amides is 1. The van der Waals surface area contributed by atoms with Crippen LogP contribution in [0.25, 0.3) is 0 Å². The fourth-order valence-corrected chi connectivity index (χ4v) is 1.16. The van der Waals surface area contributed by atoms with Gasteiger partial charge in [0.2, 0.25) is 0 Å². The molecule has 0 bridgehead atoms. The molecular formula is C12H14F3NO2. The molecule has 0 fully saturated rings. The number of ether oxygens (including phenoxy) is 1. The highest BCUT2D eigenvalue weighted by Crippen LogP contribution is 2.29. The second-order valence-electron chi connectivity index (χ2n) is 4.70. The summed E-state index contributed by atoms with van der Waals surface area (Å²) in [6.45, 7) is 5.08. The number of hydrogen-bond donors (Lipinski definition) is 1. The molecule has 18 heavy (non-hydrogen) atoms. The zero-order valence-electron chi connectivity index (χ0n) is 10.3. The van der Waals surface area contributed by atoms with Crippen molar-refractivity contribution in [2.45, 2.75) is 32.5 Å². The summed E-state index contributed by atoms with van der Waals surface area (Å²) in [6.07, 6.45) is -5.09. The topological polar surface area (TPSA) is 38.3 Å². The number of hydrogen-bond acceptors (Lipinski definition) is 2. The van der Waals surface area contributed by atoms with Crippen molar-refractivity contribution in [2.75, 3.05) is 5.32 Å². The van der Waals surface area contributed by atoms with Crippen molar-refractivity contribution >= 4 is 11.8 Å². The van der Waals surface area contributed by atoms with Gasteiger partial charge in [-0.05, 0) is 45.0 Å². The van der Waals surface area contributed by atoms with Gasteiger partial charge in [-0.25, -0.2) is 4.79 Å². The minimum absolute atomic E-state index is 0.247. The minimum atomic E-state index is -4.38. The van der Waals surface area contributed by atoms with Crippen LogP contribution in [0.15, 0.2) is 24.3 Å². The zero-order chi connectivity index (χ0) is 14.0. The summed E-state index contributed by atoms with van der Waals surface area (Å²) in [5.74, 6) is 0.